The number of alkyl halides is 3. The van der Waals surface area contributed by atoms with Gasteiger partial charge in [-0.1, -0.05) is 0 Å². The predicted octanol–water partition coefficient (Wildman–Crippen LogP) is 1.66. The maximum Gasteiger partial charge on any atom is 0.389 e. The molecule has 1 fully saturated rings. The molecule has 0 radical (unpaired) electrons. The Morgan fingerprint density at radius 1 is 1.28 bits per heavy atom. The molecule has 0 unspecified atom stereocenters. The van der Waals surface area contributed by atoms with Crippen molar-refractivity contribution in [3.8, 4) is 0 Å². The predicted molar refractivity (Wildman–Crippen MR) is 57.6 cm³/mol. The molecule has 1 aliphatic carbocycles. The van der Waals surface area contributed by atoms with Crippen LogP contribution in [0.2, 0.25) is 0 Å². The largest absolute Gasteiger partial charge is 0.389 e. The fraction of sp³-hybridized carbons (Fsp3) is 0.900. The van der Waals surface area contributed by atoms with Gasteiger partial charge in [-0.2, -0.15) is 13.2 Å². The molecule has 8 heteroatoms. The molecule has 5 nitrogen and oxygen atoms in total. The van der Waals surface area contributed by atoms with E-state index in [1.165, 1.54) is 12.8 Å². The molecule has 1 aromatic rings. The Balaban J connectivity index is 1.69. The summed E-state index contributed by atoms with van der Waals surface area (Å²) in [6.07, 6.45) is -1.93. The molecule has 1 aromatic heterocycles. The Morgan fingerprint density at radius 2 is 2.06 bits per heavy atom. The molecule has 18 heavy (non-hydrogen) atoms. The van der Waals surface area contributed by atoms with E-state index in [0.29, 0.717) is 31.4 Å². The number of hydrogen-bond donors (Lipinski definition) is 1. The molecule has 2 rings (SSSR count). The third-order valence-corrected chi connectivity index (χ3v) is 2.81. The Kier molecular flexibility index (Phi) is 4.15. The van der Waals surface area contributed by atoms with Crippen molar-refractivity contribution in [3.05, 3.63) is 5.82 Å². The van der Waals surface area contributed by atoms with Gasteiger partial charge < -0.3 is 5.32 Å². The number of rotatable bonds is 7. The van der Waals surface area contributed by atoms with Gasteiger partial charge in [0.25, 0.3) is 0 Å². The van der Waals surface area contributed by atoms with Crippen LogP contribution in [-0.2, 0) is 13.1 Å². The van der Waals surface area contributed by atoms with Crippen molar-refractivity contribution >= 4 is 0 Å². The Bertz CT molecular complexity index is 372. The van der Waals surface area contributed by atoms with Crippen molar-refractivity contribution in [2.45, 2.75) is 57.4 Å². The van der Waals surface area contributed by atoms with Gasteiger partial charge in [-0.15, -0.1) is 5.10 Å². The second-order valence-corrected chi connectivity index (χ2v) is 4.55. The molecular weight excluding hydrogens is 247 g/mol. The molecule has 1 N–H and O–H groups in total. The maximum atomic E-state index is 12.0. The minimum Gasteiger partial charge on any atom is -0.307 e. The zero-order valence-corrected chi connectivity index (χ0v) is 9.95. The van der Waals surface area contributed by atoms with Crippen molar-refractivity contribution in [2.75, 3.05) is 0 Å². The minimum absolute atomic E-state index is 0.110. The first-order valence-corrected chi connectivity index (χ1v) is 6.10. The summed E-state index contributed by atoms with van der Waals surface area (Å²) in [5.41, 5.74) is 0. The van der Waals surface area contributed by atoms with Crippen LogP contribution in [-0.4, -0.2) is 32.4 Å². The molecule has 0 amide bonds. The Labute approximate surface area is 103 Å². The van der Waals surface area contributed by atoms with Crippen LogP contribution >= 0.6 is 0 Å². The quantitative estimate of drug-likeness (QED) is 0.760. The Hall–Kier alpha value is -1.18. The van der Waals surface area contributed by atoms with Crippen LogP contribution in [0.15, 0.2) is 0 Å². The van der Waals surface area contributed by atoms with E-state index in [4.69, 9.17) is 0 Å². The van der Waals surface area contributed by atoms with Gasteiger partial charge in [0.15, 0.2) is 5.82 Å². The van der Waals surface area contributed by atoms with Crippen molar-refractivity contribution < 1.29 is 13.2 Å². The van der Waals surface area contributed by atoms with E-state index in [0.717, 1.165) is 0 Å². The van der Waals surface area contributed by atoms with Gasteiger partial charge in [0, 0.05) is 19.0 Å². The lowest BCUT2D eigenvalue weighted by Crippen LogP contribution is -2.19. The molecule has 0 saturated heterocycles. The zero-order chi connectivity index (χ0) is 13.0. The Morgan fingerprint density at radius 3 is 2.72 bits per heavy atom. The molecule has 0 aliphatic heterocycles. The maximum absolute atomic E-state index is 12.0. The fourth-order valence-electron chi connectivity index (χ4n) is 1.63. The second kappa shape index (κ2) is 5.64. The minimum atomic E-state index is -4.07. The first-order chi connectivity index (χ1) is 8.54. The second-order valence-electron chi connectivity index (χ2n) is 4.55. The highest BCUT2D eigenvalue weighted by Crippen LogP contribution is 2.22. The SMILES string of the molecule is FC(F)(F)CCCCn1nnnc1CNC1CC1. The van der Waals surface area contributed by atoms with E-state index in [1.54, 1.807) is 4.68 Å². The number of tetrazole rings is 1. The normalized spacial score (nSPS) is 16.2. The van der Waals surface area contributed by atoms with Gasteiger partial charge in [-0.05, 0) is 36.1 Å². The first kappa shape index (κ1) is 13.3. The van der Waals surface area contributed by atoms with Crippen molar-refractivity contribution in [2.24, 2.45) is 0 Å². The molecule has 0 bridgehead atoms. The van der Waals surface area contributed by atoms with E-state index in [9.17, 15) is 13.2 Å². The van der Waals surface area contributed by atoms with Gasteiger partial charge >= 0.3 is 6.18 Å². The summed E-state index contributed by atoms with van der Waals surface area (Å²) < 4.78 is 37.5. The summed E-state index contributed by atoms with van der Waals surface area (Å²) in [6.45, 7) is 1.02. The van der Waals surface area contributed by atoms with E-state index in [1.807, 2.05) is 0 Å². The molecule has 0 spiro atoms. The van der Waals surface area contributed by atoms with Crippen LogP contribution in [0.5, 0.6) is 0 Å². The highest BCUT2D eigenvalue weighted by Gasteiger charge is 2.26. The summed E-state index contributed by atoms with van der Waals surface area (Å²) >= 11 is 0. The fourth-order valence-corrected chi connectivity index (χ4v) is 1.63. The van der Waals surface area contributed by atoms with Crippen LogP contribution in [0, 0.1) is 0 Å². The monoisotopic (exact) mass is 263 g/mol. The number of aryl methyl sites for hydroxylation is 1. The highest BCUT2D eigenvalue weighted by atomic mass is 19.4. The van der Waals surface area contributed by atoms with Crippen LogP contribution < -0.4 is 5.32 Å². The van der Waals surface area contributed by atoms with Crippen molar-refractivity contribution in [3.63, 3.8) is 0 Å². The zero-order valence-electron chi connectivity index (χ0n) is 9.95. The molecule has 1 aliphatic rings. The van der Waals surface area contributed by atoms with Crippen LogP contribution in [0.4, 0.5) is 13.2 Å². The average molecular weight is 263 g/mol. The standard InChI is InChI=1S/C10H16F3N5/c11-10(12,13)5-1-2-6-18-9(15-16-17-18)7-14-8-3-4-8/h8,14H,1-7H2. The smallest absolute Gasteiger partial charge is 0.307 e. The molecule has 102 valence electrons. The summed E-state index contributed by atoms with van der Waals surface area (Å²) in [5.74, 6) is 0.689. The van der Waals surface area contributed by atoms with Crippen LogP contribution in [0.1, 0.15) is 37.9 Å². The van der Waals surface area contributed by atoms with E-state index in [-0.39, 0.29) is 6.42 Å². The van der Waals surface area contributed by atoms with Gasteiger partial charge in [-0.3, -0.25) is 0 Å². The number of nitrogens with one attached hydrogen (secondary N) is 1. The summed E-state index contributed by atoms with van der Waals surface area (Å²) in [7, 11) is 0. The van der Waals surface area contributed by atoms with E-state index < -0.39 is 12.6 Å². The summed E-state index contributed by atoms with van der Waals surface area (Å²) in [5, 5.41) is 14.5. The van der Waals surface area contributed by atoms with E-state index in [2.05, 4.69) is 20.8 Å². The third-order valence-electron chi connectivity index (χ3n) is 2.81. The average Bonchev–Trinajstić information content (AvgIpc) is 3.01. The topological polar surface area (TPSA) is 55.6 Å². The molecule has 1 heterocycles. The number of halogens is 3. The molecular formula is C10H16F3N5. The van der Waals surface area contributed by atoms with Crippen molar-refractivity contribution in [1.82, 2.24) is 25.5 Å². The number of hydrogen-bond acceptors (Lipinski definition) is 4. The van der Waals surface area contributed by atoms with Crippen LogP contribution in [0.25, 0.3) is 0 Å². The number of aromatic nitrogens is 4. The molecule has 1 saturated carbocycles. The van der Waals surface area contributed by atoms with Crippen molar-refractivity contribution in [1.29, 1.82) is 0 Å². The van der Waals surface area contributed by atoms with Gasteiger partial charge in [0.05, 0.1) is 6.54 Å². The third kappa shape index (κ3) is 4.59. The van der Waals surface area contributed by atoms with Crippen LogP contribution in [0.3, 0.4) is 0 Å². The first-order valence-electron chi connectivity index (χ1n) is 6.10. The lowest BCUT2D eigenvalue weighted by molar-refractivity contribution is -0.135. The number of unbranched alkanes of at least 4 members (excludes halogenated alkanes) is 1. The van der Waals surface area contributed by atoms with Gasteiger partial charge in [0.1, 0.15) is 0 Å². The number of nitrogens with zero attached hydrogens (tertiary/aromatic N) is 4. The van der Waals surface area contributed by atoms with Gasteiger partial charge in [-0.25, -0.2) is 4.68 Å². The lowest BCUT2D eigenvalue weighted by atomic mass is 10.2. The summed E-state index contributed by atoms with van der Waals surface area (Å²) in [4.78, 5) is 0. The summed E-state index contributed by atoms with van der Waals surface area (Å²) in [6, 6.07) is 0.556. The van der Waals surface area contributed by atoms with Gasteiger partial charge in [0.2, 0.25) is 0 Å². The molecule has 0 atom stereocenters. The molecule has 0 aromatic carbocycles. The van der Waals surface area contributed by atoms with E-state index >= 15 is 0 Å². The lowest BCUT2D eigenvalue weighted by Gasteiger charge is -2.07. The highest BCUT2D eigenvalue weighted by molar-refractivity contribution is 4.86.